The van der Waals surface area contributed by atoms with Crippen LogP contribution in [0.25, 0.3) is 0 Å². The third kappa shape index (κ3) is 3.94. The van der Waals surface area contributed by atoms with E-state index in [4.69, 9.17) is 0 Å². The number of hydrogen-bond donors (Lipinski definition) is 1. The van der Waals surface area contributed by atoms with Crippen LogP contribution >= 0.6 is 0 Å². The van der Waals surface area contributed by atoms with Crippen molar-refractivity contribution in [3.05, 3.63) is 0 Å². The van der Waals surface area contributed by atoms with E-state index in [0.717, 1.165) is 0 Å². The summed E-state index contributed by atoms with van der Waals surface area (Å²) in [7, 11) is 1.29. The van der Waals surface area contributed by atoms with Crippen LogP contribution in [-0.4, -0.2) is 25.0 Å². The zero-order valence-corrected chi connectivity index (χ0v) is 8.88. The number of rotatable bonds is 3. The molecule has 0 aliphatic rings. The van der Waals surface area contributed by atoms with Crippen molar-refractivity contribution in [3.63, 3.8) is 0 Å². The summed E-state index contributed by atoms with van der Waals surface area (Å²) in [6.07, 6.45) is 0. The fourth-order valence-corrected chi connectivity index (χ4v) is 0.916. The van der Waals surface area contributed by atoms with Gasteiger partial charge in [0, 0.05) is 0 Å². The lowest BCUT2D eigenvalue weighted by atomic mass is 10.0. The summed E-state index contributed by atoms with van der Waals surface area (Å²) in [6, 6.07) is -0.631. The van der Waals surface area contributed by atoms with Crippen LogP contribution in [-0.2, 0) is 14.3 Å². The van der Waals surface area contributed by atoms with Crippen molar-refractivity contribution in [3.8, 4) is 11.8 Å². The van der Waals surface area contributed by atoms with E-state index in [2.05, 4.69) is 21.9 Å². The lowest BCUT2D eigenvalue weighted by Crippen LogP contribution is -2.44. The molecule has 0 heterocycles. The van der Waals surface area contributed by atoms with Crippen molar-refractivity contribution in [1.82, 2.24) is 5.32 Å². The summed E-state index contributed by atoms with van der Waals surface area (Å²) in [4.78, 5) is 22.3. The molecule has 1 unspecified atom stereocenters. The second-order valence-corrected chi connectivity index (χ2v) is 3.09. The van der Waals surface area contributed by atoms with Crippen LogP contribution in [0.2, 0.25) is 0 Å². The molecule has 1 N–H and O–H groups in total. The zero-order valence-electron chi connectivity index (χ0n) is 8.88. The fourth-order valence-electron chi connectivity index (χ4n) is 0.916. The van der Waals surface area contributed by atoms with E-state index < -0.39 is 17.9 Å². The predicted octanol–water partition coefficient (Wildman–Crippen LogP) is 0.323. The van der Waals surface area contributed by atoms with Crippen LogP contribution in [0, 0.1) is 17.8 Å². The molecule has 0 radical (unpaired) electrons. The van der Waals surface area contributed by atoms with Crippen molar-refractivity contribution < 1.29 is 14.3 Å². The van der Waals surface area contributed by atoms with Crippen molar-refractivity contribution in [2.45, 2.75) is 26.8 Å². The van der Waals surface area contributed by atoms with Crippen molar-refractivity contribution in [2.75, 3.05) is 7.11 Å². The third-order valence-electron chi connectivity index (χ3n) is 1.65. The Morgan fingerprint density at radius 1 is 1.36 bits per heavy atom. The summed E-state index contributed by atoms with van der Waals surface area (Å²) in [6.45, 7) is 5.20. The maximum absolute atomic E-state index is 11.2. The van der Waals surface area contributed by atoms with Crippen LogP contribution in [0.1, 0.15) is 20.8 Å². The first-order chi connectivity index (χ1) is 6.52. The Hall–Kier alpha value is -1.50. The Balaban J connectivity index is 4.43. The van der Waals surface area contributed by atoms with Gasteiger partial charge in [-0.2, -0.15) is 0 Å². The van der Waals surface area contributed by atoms with Gasteiger partial charge in [-0.15, -0.1) is 0 Å². The smallest absolute Gasteiger partial charge is 0.328 e. The molecular weight excluding hydrogens is 182 g/mol. The number of nitrogens with one attached hydrogen (secondary N) is 1. The van der Waals surface area contributed by atoms with Gasteiger partial charge in [-0.1, -0.05) is 19.8 Å². The molecule has 1 atom stereocenters. The molecule has 78 valence electrons. The normalized spacial score (nSPS) is 11.2. The highest BCUT2D eigenvalue weighted by molar-refractivity contribution is 5.96. The van der Waals surface area contributed by atoms with Gasteiger partial charge in [0.2, 0.25) is 0 Å². The monoisotopic (exact) mass is 197 g/mol. The summed E-state index contributed by atoms with van der Waals surface area (Å²) >= 11 is 0. The van der Waals surface area contributed by atoms with Crippen LogP contribution in [0.4, 0.5) is 0 Å². The van der Waals surface area contributed by atoms with E-state index in [1.807, 2.05) is 13.8 Å². The first-order valence-electron chi connectivity index (χ1n) is 4.34. The molecule has 0 aliphatic heterocycles. The highest BCUT2D eigenvalue weighted by atomic mass is 16.5. The first-order valence-corrected chi connectivity index (χ1v) is 4.34. The lowest BCUT2D eigenvalue weighted by molar-refractivity contribution is -0.145. The highest BCUT2D eigenvalue weighted by Gasteiger charge is 2.23. The molecule has 0 fully saturated rings. The zero-order chi connectivity index (χ0) is 11.1. The van der Waals surface area contributed by atoms with E-state index in [0.29, 0.717) is 0 Å². The van der Waals surface area contributed by atoms with Gasteiger partial charge >= 0.3 is 5.97 Å². The second kappa shape index (κ2) is 6.03. The average Bonchev–Trinajstić information content (AvgIpc) is 2.13. The molecule has 0 saturated carbocycles. The van der Waals surface area contributed by atoms with E-state index >= 15 is 0 Å². The Morgan fingerprint density at radius 2 is 1.93 bits per heavy atom. The minimum atomic E-state index is -0.631. The van der Waals surface area contributed by atoms with Gasteiger partial charge in [-0.05, 0) is 18.8 Å². The molecule has 0 bridgehead atoms. The van der Waals surface area contributed by atoms with E-state index in [-0.39, 0.29) is 5.92 Å². The quantitative estimate of drug-likeness (QED) is 0.523. The molecule has 0 spiro atoms. The molecular formula is C10H15NO3. The van der Waals surface area contributed by atoms with Gasteiger partial charge in [-0.3, -0.25) is 4.79 Å². The number of carbonyl (C=O) groups is 2. The van der Waals surface area contributed by atoms with Gasteiger partial charge in [0.05, 0.1) is 7.11 Å². The minimum absolute atomic E-state index is 0.0231. The number of carbonyl (C=O) groups excluding carboxylic acids is 2. The van der Waals surface area contributed by atoms with E-state index in [1.165, 1.54) is 7.11 Å². The molecule has 0 rings (SSSR count). The molecule has 14 heavy (non-hydrogen) atoms. The summed E-state index contributed by atoms with van der Waals surface area (Å²) < 4.78 is 4.55. The molecule has 0 aliphatic carbocycles. The number of esters is 1. The predicted molar refractivity (Wildman–Crippen MR) is 52.2 cm³/mol. The molecule has 0 saturated heterocycles. The number of methoxy groups -OCH3 is 1. The summed E-state index contributed by atoms with van der Waals surface area (Å²) in [5.41, 5.74) is 0. The number of ether oxygens (including phenoxy) is 1. The largest absolute Gasteiger partial charge is 0.467 e. The van der Waals surface area contributed by atoms with E-state index in [9.17, 15) is 9.59 Å². The van der Waals surface area contributed by atoms with Crippen molar-refractivity contribution in [1.29, 1.82) is 0 Å². The number of amides is 1. The Kier molecular flexibility index (Phi) is 5.38. The average molecular weight is 197 g/mol. The van der Waals surface area contributed by atoms with Crippen LogP contribution in [0.5, 0.6) is 0 Å². The third-order valence-corrected chi connectivity index (χ3v) is 1.65. The van der Waals surface area contributed by atoms with Gasteiger partial charge < -0.3 is 10.1 Å². The lowest BCUT2D eigenvalue weighted by Gasteiger charge is -2.17. The number of hydrogen-bond acceptors (Lipinski definition) is 3. The summed E-state index contributed by atoms with van der Waals surface area (Å²) in [5, 5.41) is 2.48. The Bertz CT molecular complexity index is 273. The molecule has 4 nitrogen and oxygen atoms in total. The van der Waals surface area contributed by atoms with Crippen LogP contribution in [0.15, 0.2) is 0 Å². The van der Waals surface area contributed by atoms with Gasteiger partial charge in [0.25, 0.3) is 5.91 Å². The van der Waals surface area contributed by atoms with E-state index in [1.54, 1.807) is 6.92 Å². The topological polar surface area (TPSA) is 55.4 Å². The molecule has 4 heteroatoms. The second-order valence-electron chi connectivity index (χ2n) is 3.09. The first kappa shape index (κ1) is 12.5. The van der Waals surface area contributed by atoms with Crippen molar-refractivity contribution in [2.24, 2.45) is 5.92 Å². The summed E-state index contributed by atoms with van der Waals surface area (Å²) in [5.74, 6) is 3.82. The molecule has 1 amide bonds. The minimum Gasteiger partial charge on any atom is -0.467 e. The molecule has 0 aromatic carbocycles. The standard InChI is InChI=1S/C10H15NO3/c1-5-6-8(12)11-9(7(2)3)10(13)14-4/h7,9H,1-4H3,(H,11,12). The van der Waals surface area contributed by atoms with Crippen LogP contribution < -0.4 is 5.32 Å². The van der Waals surface area contributed by atoms with Gasteiger partial charge in [0.1, 0.15) is 6.04 Å². The van der Waals surface area contributed by atoms with Gasteiger partial charge in [-0.25, -0.2) is 4.79 Å². The SMILES string of the molecule is CC#CC(=O)NC(C(=O)OC)C(C)C. The molecule has 0 aromatic rings. The fraction of sp³-hybridized carbons (Fsp3) is 0.600. The maximum atomic E-state index is 11.2. The van der Waals surface area contributed by atoms with Crippen molar-refractivity contribution >= 4 is 11.9 Å². The maximum Gasteiger partial charge on any atom is 0.328 e. The van der Waals surface area contributed by atoms with Crippen LogP contribution in [0.3, 0.4) is 0 Å². The Labute approximate surface area is 84.0 Å². The van der Waals surface area contributed by atoms with Gasteiger partial charge in [0.15, 0.2) is 0 Å². The Morgan fingerprint density at radius 3 is 2.29 bits per heavy atom. The highest BCUT2D eigenvalue weighted by Crippen LogP contribution is 2.02. The molecule has 0 aromatic heterocycles.